The van der Waals surface area contributed by atoms with Crippen molar-refractivity contribution in [2.45, 2.75) is 59.2 Å². The van der Waals surface area contributed by atoms with E-state index in [-0.39, 0.29) is 18.0 Å². The Hall–Kier alpha value is -2.14. The normalized spacial score (nSPS) is 12.8. The number of aromatic nitrogens is 2. The quantitative estimate of drug-likeness (QED) is 0.826. The van der Waals surface area contributed by atoms with Gasteiger partial charge < -0.3 is 5.32 Å². The van der Waals surface area contributed by atoms with Crippen molar-refractivity contribution in [3.8, 4) is 0 Å². The molecule has 0 aliphatic rings. The average Bonchev–Trinajstić information content (AvgIpc) is 3.02. The van der Waals surface area contributed by atoms with Crippen LogP contribution in [0, 0.1) is 0 Å². The van der Waals surface area contributed by atoms with E-state index in [4.69, 9.17) is 0 Å². The van der Waals surface area contributed by atoms with Crippen LogP contribution in [-0.2, 0) is 11.3 Å². The van der Waals surface area contributed by atoms with Crippen LogP contribution in [0.2, 0.25) is 0 Å². The Balaban J connectivity index is 1.97. The standard InChI is InChI=1S/C20H30N4O/c1-14(2)18-9-7-17(8-10-18)13-23(6)16(5)20(25)22-19-11-12-21-24(19)15(3)4/h7-12,14-16H,13H2,1-6H3,(H,22,25)/t16-/m1/s1. The molecule has 0 unspecified atom stereocenters. The van der Waals surface area contributed by atoms with Crippen LogP contribution in [0.15, 0.2) is 36.5 Å². The Bertz CT molecular complexity index is 688. The summed E-state index contributed by atoms with van der Waals surface area (Å²) in [7, 11) is 1.97. The summed E-state index contributed by atoms with van der Waals surface area (Å²) < 4.78 is 1.81. The van der Waals surface area contributed by atoms with E-state index in [0.717, 1.165) is 12.4 Å². The zero-order chi connectivity index (χ0) is 18.6. The maximum Gasteiger partial charge on any atom is 0.242 e. The third kappa shape index (κ3) is 4.92. The molecule has 1 atom stereocenters. The van der Waals surface area contributed by atoms with E-state index in [2.05, 4.69) is 53.4 Å². The van der Waals surface area contributed by atoms with Crippen LogP contribution in [0.25, 0.3) is 0 Å². The second-order valence-electron chi connectivity index (χ2n) is 7.23. The average molecular weight is 342 g/mol. The molecule has 5 heteroatoms. The molecular weight excluding hydrogens is 312 g/mol. The van der Waals surface area contributed by atoms with E-state index in [1.165, 1.54) is 11.1 Å². The lowest BCUT2D eigenvalue weighted by Gasteiger charge is -2.24. The molecule has 2 aromatic rings. The predicted octanol–water partition coefficient (Wildman–Crippen LogP) is 4.05. The molecule has 136 valence electrons. The number of amides is 1. The first-order valence-electron chi connectivity index (χ1n) is 8.93. The molecule has 0 aliphatic carbocycles. The predicted molar refractivity (Wildman–Crippen MR) is 103 cm³/mol. The largest absolute Gasteiger partial charge is 0.310 e. The number of rotatable bonds is 7. The highest BCUT2D eigenvalue weighted by Gasteiger charge is 2.20. The maximum atomic E-state index is 12.6. The van der Waals surface area contributed by atoms with Gasteiger partial charge in [0.05, 0.1) is 12.2 Å². The van der Waals surface area contributed by atoms with Gasteiger partial charge in [-0.25, -0.2) is 4.68 Å². The fourth-order valence-electron chi connectivity index (χ4n) is 2.69. The maximum absolute atomic E-state index is 12.6. The number of anilines is 1. The topological polar surface area (TPSA) is 50.2 Å². The summed E-state index contributed by atoms with van der Waals surface area (Å²) in [5.41, 5.74) is 2.54. The van der Waals surface area contributed by atoms with Crippen LogP contribution in [-0.4, -0.2) is 33.7 Å². The van der Waals surface area contributed by atoms with E-state index in [1.54, 1.807) is 6.20 Å². The van der Waals surface area contributed by atoms with Gasteiger partial charge in [0.2, 0.25) is 5.91 Å². The highest BCUT2D eigenvalue weighted by Crippen LogP contribution is 2.17. The van der Waals surface area contributed by atoms with Crippen molar-refractivity contribution in [3.63, 3.8) is 0 Å². The summed E-state index contributed by atoms with van der Waals surface area (Å²) in [6.45, 7) is 11.1. The van der Waals surface area contributed by atoms with Gasteiger partial charge in [-0.05, 0) is 44.9 Å². The molecule has 0 aliphatic heterocycles. The molecule has 1 N–H and O–H groups in total. The van der Waals surface area contributed by atoms with Gasteiger partial charge in [0.1, 0.15) is 5.82 Å². The first kappa shape index (κ1) is 19.2. The number of hydrogen-bond acceptors (Lipinski definition) is 3. The van der Waals surface area contributed by atoms with Gasteiger partial charge in [0, 0.05) is 18.7 Å². The SMILES string of the molecule is CC(C)c1ccc(CN(C)[C@H](C)C(=O)Nc2ccnn2C(C)C)cc1. The lowest BCUT2D eigenvalue weighted by molar-refractivity contribution is -0.120. The number of carbonyl (C=O) groups is 1. The van der Waals surface area contributed by atoms with Crippen molar-refractivity contribution in [1.29, 1.82) is 0 Å². The zero-order valence-corrected chi connectivity index (χ0v) is 16.2. The van der Waals surface area contributed by atoms with Crippen molar-refractivity contribution in [3.05, 3.63) is 47.7 Å². The van der Waals surface area contributed by atoms with Crippen LogP contribution in [0.3, 0.4) is 0 Å². The van der Waals surface area contributed by atoms with Crippen LogP contribution < -0.4 is 5.32 Å². The smallest absolute Gasteiger partial charge is 0.242 e. The van der Waals surface area contributed by atoms with Gasteiger partial charge >= 0.3 is 0 Å². The summed E-state index contributed by atoms with van der Waals surface area (Å²) >= 11 is 0. The van der Waals surface area contributed by atoms with Gasteiger partial charge in [-0.3, -0.25) is 9.69 Å². The first-order chi connectivity index (χ1) is 11.8. The highest BCUT2D eigenvalue weighted by atomic mass is 16.2. The summed E-state index contributed by atoms with van der Waals surface area (Å²) in [4.78, 5) is 14.6. The Labute approximate surface area is 151 Å². The van der Waals surface area contributed by atoms with Gasteiger partial charge in [0.25, 0.3) is 0 Å². The molecule has 0 saturated carbocycles. The second kappa shape index (κ2) is 8.30. The lowest BCUT2D eigenvalue weighted by atomic mass is 10.0. The van der Waals surface area contributed by atoms with E-state index >= 15 is 0 Å². The molecule has 25 heavy (non-hydrogen) atoms. The fraction of sp³-hybridized carbons (Fsp3) is 0.500. The van der Waals surface area contributed by atoms with Gasteiger partial charge in [-0.15, -0.1) is 0 Å². The van der Waals surface area contributed by atoms with Crippen LogP contribution >= 0.6 is 0 Å². The molecule has 5 nitrogen and oxygen atoms in total. The van der Waals surface area contributed by atoms with Crippen molar-refractivity contribution < 1.29 is 4.79 Å². The minimum Gasteiger partial charge on any atom is -0.310 e. The van der Waals surface area contributed by atoms with E-state index < -0.39 is 0 Å². The molecule has 1 heterocycles. The third-order valence-corrected chi connectivity index (χ3v) is 4.53. The molecule has 0 spiro atoms. The van der Waals surface area contributed by atoms with Crippen LogP contribution in [0.4, 0.5) is 5.82 Å². The van der Waals surface area contributed by atoms with Gasteiger partial charge in [-0.1, -0.05) is 38.1 Å². The van der Waals surface area contributed by atoms with Crippen LogP contribution in [0.1, 0.15) is 57.7 Å². The number of nitrogens with one attached hydrogen (secondary N) is 1. The summed E-state index contributed by atoms with van der Waals surface area (Å²) in [5.74, 6) is 1.24. The lowest BCUT2D eigenvalue weighted by Crippen LogP contribution is -2.39. The number of likely N-dealkylation sites (N-methyl/N-ethyl adjacent to an activating group) is 1. The molecule has 0 saturated heterocycles. The molecular formula is C20H30N4O. The van der Waals surface area contributed by atoms with E-state index in [0.29, 0.717) is 5.92 Å². The number of hydrogen-bond donors (Lipinski definition) is 1. The molecule has 1 aromatic heterocycles. The fourth-order valence-corrected chi connectivity index (χ4v) is 2.69. The Morgan fingerprint density at radius 1 is 1.12 bits per heavy atom. The highest BCUT2D eigenvalue weighted by molar-refractivity contribution is 5.93. The van der Waals surface area contributed by atoms with Crippen molar-refractivity contribution in [1.82, 2.24) is 14.7 Å². The molecule has 1 aromatic carbocycles. The zero-order valence-electron chi connectivity index (χ0n) is 16.2. The molecule has 0 bridgehead atoms. The van der Waals surface area contributed by atoms with Gasteiger partial charge in [0.15, 0.2) is 0 Å². The summed E-state index contributed by atoms with van der Waals surface area (Å²) in [6.07, 6.45) is 1.71. The van der Waals surface area contributed by atoms with Crippen molar-refractivity contribution >= 4 is 11.7 Å². The monoisotopic (exact) mass is 342 g/mol. The first-order valence-corrected chi connectivity index (χ1v) is 8.93. The van der Waals surface area contributed by atoms with Crippen molar-refractivity contribution in [2.75, 3.05) is 12.4 Å². The van der Waals surface area contributed by atoms with Crippen LogP contribution in [0.5, 0.6) is 0 Å². The Morgan fingerprint density at radius 3 is 2.32 bits per heavy atom. The van der Waals surface area contributed by atoms with Gasteiger partial charge in [-0.2, -0.15) is 5.10 Å². The van der Waals surface area contributed by atoms with E-state index in [9.17, 15) is 4.79 Å². The Kier molecular flexibility index (Phi) is 6.37. The number of benzene rings is 1. The minimum atomic E-state index is -0.236. The molecule has 0 fully saturated rings. The molecule has 2 rings (SSSR count). The Morgan fingerprint density at radius 2 is 1.76 bits per heavy atom. The summed E-state index contributed by atoms with van der Waals surface area (Å²) in [5, 5.41) is 7.23. The summed E-state index contributed by atoms with van der Waals surface area (Å²) in [6, 6.07) is 10.4. The third-order valence-electron chi connectivity index (χ3n) is 4.53. The van der Waals surface area contributed by atoms with E-state index in [1.807, 2.05) is 38.6 Å². The minimum absolute atomic E-state index is 0.0244. The second-order valence-corrected chi connectivity index (χ2v) is 7.23. The molecule has 0 radical (unpaired) electrons. The number of nitrogens with zero attached hydrogens (tertiary/aromatic N) is 3. The van der Waals surface area contributed by atoms with Crippen molar-refractivity contribution in [2.24, 2.45) is 0 Å². The molecule has 1 amide bonds. The number of carbonyl (C=O) groups excluding carboxylic acids is 1.